The van der Waals surface area contributed by atoms with Gasteiger partial charge >= 0.3 is 0 Å². The highest BCUT2D eigenvalue weighted by Crippen LogP contribution is 2.33. The molecule has 1 amide bonds. The number of amides is 1. The summed E-state index contributed by atoms with van der Waals surface area (Å²) >= 11 is 0. The van der Waals surface area contributed by atoms with Gasteiger partial charge in [0.05, 0.1) is 17.3 Å². The highest BCUT2D eigenvalue weighted by molar-refractivity contribution is 5.96. The Balaban J connectivity index is 1.83. The second-order valence-electron chi connectivity index (χ2n) is 6.76. The molecule has 142 valence electrons. The van der Waals surface area contributed by atoms with Crippen molar-refractivity contribution in [3.63, 3.8) is 0 Å². The van der Waals surface area contributed by atoms with Crippen molar-refractivity contribution in [1.82, 2.24) is 9.97 Å². The molecule has 1 N–H and O–H groups in total. The molecule has 0 saturated carbocycles. The normalized spacial score (nSPS) is 10.7. The summed E-state index contributed by atoms with van der Waals surface area (Å²) in [6, 6.07) is 16.1. The molecule has 2 aromatic heterocycles. The Labute approximate surface area is 167 Å². The summed E-state index contributed by atoms with van der Waals surface area (Å²) in [5.41, 5.74) is 4.90. The van der Waals surface area contributed by atoms with Gasteiger partial charge in [-0.3, -0.25) is 4.79 Å². The van der Waals surface area contributed by atoms with E-state index in [2.05, 4.69) is 16.0 Å². The van der Waals surface area contributed by atoms with E-state index < -0.39 is 5.82 Å². The summed E-state index contributed by atoms with van der Waals surface area (Å²) in [6.45, 7) is 1.39. The van der Waals surface area contributed by atoms with Gasteiger partial charge in [0.25, 0.3) is 0 Å². The van der Waals surface area contributed by atoms with Crippen LogP contribution in [0.25, 0.3) is 33.3 Å². The molecule has 0 aliphatic rings. The largest absolute Gasteiger partial charge is 0.346 e. The molecule has 4 rings (SSSR count). The Kier molecular flexibility index (Phi) is 4.57. The fourth-order valence-electron chi connectivity index (χ4n) is 3.28. The van der Waals surface area contributed by atoms with Crippen LogP contribution in [0.1, 0.15) is 12.5 Å². The average molecular weight is 384 g/mol. The van der Waals surface area contributed by atoms with E-state index in [1.54, 1.807) is 31.4 Å². The summed E-state index contributed by atoms with van der Waals surface area (Å²) in [5.74, 6) is -0.712. The Hall–Kier alpha value is -3.98. The number of benzene rings is 2. The van der Waals surface area contributed by atoms with Gasteiger partial charge in [-0.15, -0.1) is 0 Å². The molecule has 4 aromatic rings. The predicted octanol–water partition coefficient (Wildman–Crippen LogP) is 4.89. The lowest BCUT2D eigenvalue weighted by Crippen LogP contribution is -2.23. The number of hydrogen-bond donors (Lipinski definition) is 1. The summed E-state index contributed by atoms with van der Waals surface area (Å²) in [6.07, 6.45) is 3.57. The summed E-state index contributed by atoms with van der Waals surface area (Å²) < 4.78 is 14.2. The first-order chi connectivity index (χ1) is 14.0. The Morgan fingerprint density at radius 3 is 2.72 bits per heavy atom. The fraction of sp³-hybridized carbons (Fsp3) is 0.0870. The van der Waals surface area contributed by atoms with Gasteiger partial charge in [0, 0.05) is 42.9 Å². The molecular weight excluding hydrogens is 367 g/mol. The molecular formula is C23H17FN4O. The van der Waals surface area contributed by atoms with E-state index in [4.69, 9.17) is 5.26 Å². The van der Waals surface area contributed by atoms with Crippen LogP contribution in [0.2, 0.25) is 0 Å². The first kappa shape index (κ1) is 18.4. The highest BCUT2D eigenvalue weighted by atomic mass is 19.1. The molecule has 0 aliphatic carbocycles. The fourth-order valence-corrected chi connectivity index (χ4v) is 3.28. The number of carbonyl (C=O) groups is 1. The van der Waals surface area contributed by atoms with Gasteiger partial charge < -0.3 is 9.88 Å². The van der Waals surface area contributed by atoms with Crippen LogP contribution in [0.15, 0.2) is 60.9 Å². The first-order valence-electron chi connectivity index (χ1n) is 9.00. The van der Waals surface area contributed by atoms with Crippen molar-refractivity contribution in [1.29, 1.82) is 5.26 Å². The van der Waals surface area contributed by atoms with Crippen molar-refractivity contribution in [2.24, 2.45) is 0 Å². The number of hydrogen-bond acceptors (Lipinski definition) is 3. The second kappa shape index (κ2) is 7.21. The second-order valence-corrected chi connectivity index (χ2v) is 6.76. The third-order valence-corrected chi connectivity index (χ3v) is 4.95. The lowest BCUT2D eigenvalue weighted by atomic mass is 10.0. The minimum atomic E-state index is -0.462. The number of fused-ring (bicyclic) bond motifs is 1. The smallest absolute Gasteiger partial charge is 0.223 e. The van der Waals surface area contributed by atoms with Gasteiger partial charge in [-0.1, -0.05) is 18.2 Å². The molecule has 0 saturated heterocycles. The molecule has 0 unspecified atom stereocenters. The van der Waals surface area contributed by atoms with Crippen LogP contribution in [0.4, 0.5) is 10.1 Å². The molecule has 2 aromatic carbocycles. The van der Waals surface area contributed by atoms with E-state index in [9.17, 15) is 9.18 Å². The zero-order valence-corrected chi connectivity index (χ0v) is 15.9. The van der Waals surface area contributed by atoms with E-state index >= 15 is 0 Å². The number of aromatic amines is 1. The number of anilines is 1. The number of rotatable bonds is 3. The van der Waals surface area contributed by atoms with Crippen molar-refractivity contribution in [2.45, 2.75) is 6.92 Å². The van der Waals surface area contributed by atoms with Gasteiger partial charge in [-0.25, -0.2) is 9.37 Å². The average Bonchev–Trinajstić information content (AvgIpc) is 3.17. The third kappa shape index (κ3) is 3.34. The van der Waals surface area contributed by atoms with Crippen molar-refractivity contribution in [3.8, 4) is 28.3 Å². The number of H-pyrrole nitrogens is 1. The molecule has 0 atom stereocenters. The lowest BCUT2D eigenvalue weighted by Gasteiger charge is -2.17. The maximum Gasteiger partial charge on any atom is 0.223 e. The number of nitriles is 1. The van der Waals surface area contributed by atoms with Crippen LogP contribution in [-0.4, -0.2) is 22.9 Å². The SMILES string of the molecule is CC(=O)N(C)c1cc(-c2cnc3[nH]cc(-c4cccc(C#N)c4)c3c2)ccc1F. The van der Waals surface area contributed by atoms with Crippen LogP contribution in [0.5, 0.6) is 0 Å². The van der Waals surface area contributed by atoms with Crippen LogP contribution < -0.4 is 4.90 Å². The van der Waals surface area contributed by atoms with Crippen molar-refractivity contribution in [2.75, 3.05) is 11.9 Å². The topological polar surface area (TPSA) is 72.8 Å². The van der Waals surface area contributed by atoms with Crippen LogP contribution in [0.3, 0.4) is 0 Å². The minimum Gasteiger partial charge on any atom is -0.346 e. The lowest BCUT2D eigenvalue weighted by molar-refractivity contribution is -0.116. The number of carbonyl (C=O) groups excluding carboxylic acids is 1. The number of nitrogens with zero attached hydrogens (tertiary/aromatic N) is 3. The zero-order chi connectivity index (χ0) is 20.5. The van der Waals surface area contributed by atoms with Crippen molar-refractivity contribution >= 4 is 22.6 Å². The van der Waals surface area contributed by atoms with E-state index in [1.165, 1.54) is 17.9 Å². The number of nitrogens with one attached hydrogen (secondary N) is 1. The summed E-state index contributed by atoms with van der Waals surface area (Å²) in [5, 5.41) is 10.1. The molecule has 0 aliphatic heterocycles. The predicted molar refractivity (Wildman–Crippen MR) is 111 cm³/mol. The number of halogens is 1. The maximum atomic E-state index is 14.2. The zero-order valence-electron chi connectivity index (χ0n) is 15.9. The van der Waals surface area contributed by atoms with Gasteiger partial charge in [-0.05, 0) is 41.5 Å². The first-order valence-corrected chi connectivity index (χ1v) is 9.00. The van der Waals surface area contributed by atoms with Gasteiger partial charge in [0.15, 0.2) is 0 Å². The molecule has 0 radical (unpaired) electrons. The Bertz CT molecular complexity index is 1290. The molecule has 0 spiro atoms. The molecule has 6 heteroatoms. The maximum absolute atomic E-state index is 14.2. The molecule has 29 heavy (non-hydrogen) atoms. The third-order valence-electron chi connectivity index (χ3n) is 4.95. The molecule has 0 fully saturated rings. The minimum absolute atomic E-state index is 0.214. The van der Waals surface area contributed by atoms with E-state index in [1.807, 2.05) is 30.5 Å². The van der Waals surface area contributed by atoms with Crippen LogP contribution >= 0.6 is 0 Å². The Morgan fingerprint density at radius 1 is 1.14 bits per heavy atom. The monoisotopic (exact) mass is 384 g/mol. The van der Waals surface area contributed by atoms with E-state index in [0.717, 1.165) is 27.6 Å². The van der Waals surface area contributed by atoms with Gasteiger partial charge in [-0.2, -0.15) is 5.26 Å². The Morgan fingerprint density at radius 2 is 1.97 bits per heavy atom. The van der Waals surface area contributed by atoms with Gasteiger partial charge in [0.2, 0.25) is 5.91 Å². The van der Waals surface area contributed by atoms with Crippen LogP contribution in [0, 0.1) is 17.1 Å². The summed E-state index contributed by atoms with van der Waals surface area (Å²) in [4.78, 5) is 20.6. The number of pyridine rings is 1. The molecule has 5 nitrogen and oxygen atoms in total. The quantitative estimate of drug-likeness (QED) is 0.546. The molecule has 2 heterocycles. The molecule has 0 bridgehead atoms. The van der Waals surface area contributed by atoms with Crippen molar-refractivity contribution in [3.05, 3.63) is 72.3 Å². The van der Waals surface area contributed by atoms with Crippen molar-refractivity contribution < 1.29 is 9.18 Å². The highest BCUT2D eigenvalue weighted by Gasteiger charge is 2.14. The van der Waals surface area contributed by atoms with Gasteiger partial charge in [0.1, 0.15) is 11.5 Å². The number of aromatic nitrogens is 2. The standard InChI is InChI=1S/C23H17FN4O/c1-14(29)28(2)22-10-16(6-7-21(22)24)18-9-19-20(13-27-23(19)26-12-18)17-5-3-4-15(8-17)11-25/h3-10,12-13H,1-2H3,(H,26,27). The van der Waals surface area contributed by atoms with Crippen LogP contribution in [-0.2, 0) is 4.79 Å². The van der Waals surface area contributed by atoms with E-state index in [0.29, 0.717) is 11.2 Å². The van der Waals surface area contributed by atoms with E-state index in [-0.39, 0.29) is 11.6 Å². The summed E-state index contributed by atoms with van der Waals surface area (Å²) in [7, 11) is 1.54.